The fourth-order valence-electron chi connectivity index (χ4n) is 1.35. The van der Waals surface area contributed by atoms with Gasteiger partial charge in [-0.25, -0.2) is 4.79 Å². The van der Waals surface area contributed by atoms with E-state index in [4.69, 9.17) is 16.7 Å². The minimum absolute atomic E-state index is 0.296. The van der Waals surface area contributed by atoms with Crippen LogP contribution in [0, 0.1) is 3.57 Å². The maximum atomic E-state index is 10.7. The second-order valence-electron chi connectivity index (χ2n) is 3.51. The summed E-state index contributed by atoms with van der Waals surface area (Å²) >= 11 is 9.71. The Morgan fingerprint density at radius 3 is 2.39 bits per heavy atom. The zero-order valence-corrected chi connectivity index (χ0v) is 12.8. The number of aromatic carboxylic acids is 1. The van der Waals surface area contributed by atoms with Gasteiger partial charge in [0.25, 0.3) is 0 Å². The molecule has 0 unspecified atom stereocenters. The van der Waals surface area contributed by atoms with E-state index in [9.17, 15) is 4.79 Å². The van der Waals surface area contributed by atoms with E-state index < -0.39 is 5.97 Å². The maximum Gasteiger partial charge on any atom is 0.335 e. The first-order valence-electron chi connectivity index (χ1n) is 5.02. The summed E-state index contributed by atoms with van der Waals surface area (Å²) in [6.07, 6.45) is 0. The number of carboxylic acids is 1. The lowest BCUT2D eigenvalue weighted by Gasteiger charge is -2.05. The molecule has 0 fully saturated rings. The number of carbonyl (C=O) groups is 1. The Morgan fingerprint density at radius 1 is 1.17 bits per heavy atom. The molecule has 2 aromatic rings. The lowest BCUT2D eigenvalue weighted by Crippen LogP contribution is -1.94. The van der Waals surface area contributed by atoms with Crippen molar-refractivity contribution in [1.29, 1.82) is 0 Å². The third-order valence-electron chi connectivity index (χ3n) is 2.22. The highest BCUT2D eigenvalue weighted by Crippen LogP contribution is 2.32. The van der Waals surface area contributed by atoms with Crippen molar-refractivity contribution >= 4 is 51.9 Å². The predicted molar refractivity (Wildman–Crippen MR) is 81.7 cm³/mol. The molecule has 0 amide bonds. The van der Waals surface area contributed by atoms with Crippen molar-refractivity contribution in [2.45, 2.75) is 9.79 Å². The molecule has 0 aliphatic carbocycles. The van der Waals surface area contributed by atoms with Gasteiger partial charge in [0.15, 0.2) is 0 Å². The number of carboxylic acid groups (broad SMARTS) is 1. The Morgan fingerprint density at radius 2 is 1.83 bits per heavy atom. The normalized spacial score (nSPS) is 10.3. The summed E-state index contributed by atoms with van der Waals surface area (Å²) in [7, 11) is 0. The lowest BCUT2D eigenvalue weighted by atomic mass is 10.2. The molecule has 0 aromatic heterocycles. The Labute approximate surface area is 127 Å². The SMILES string of the molecule is O=C(O)c1ccc(Sc2ccc(Cl)cc2I)cc1. The van der Waals surface area contributed by atoms with Gasteiger partial charge in [0.1, 0.15) is 0 Å². The van der Waals surface area contributed by atoms with E-state index in [1.54, 1.807) is 36.0 Å². The van der Waals surface area contributed by atoms with E-state index in [1.807, 2.05) is 18.2 Å². The minimum Gasteiger partial charge on any atom is -0.478 e. The van der Waals surface area contributed by atoms with Crippen LogP contribution in [0.5, 0.6) is 0 Å². The summed E-state index contributed by atoms with van der Waals surface area (Å²) in [5.74, 6) is -0.910. The summed E-state index contributed by atoms with van der Waals surface area (Å²) in [6.45, 7) is 0. The van der Waals surface area contributed by atoms with Crippen LogP contribution in [-0.2, 0) is 0 Å². The molecule has 0 saturated carbocycles. The van der Waals surface area contributed by atoms with Gasteiger partial charge in [0.05, 0.1) is 5.56 Å². The van der Waals surface area contributed by atoms with Crippen molar-refractivity contribution < 1.29 is 9.90 Å². The van der Waals surface area contributed by atoms with Gasteiger partial charge in [-0.1, -0.05) is 23.4 Å². The van der Waals surface area contributed by atoms with Crippen LogP contribution >= 0.6 is 46.0 Å². The highest BCUT2D eigenvalue weighted by molar-refractivity contribution is 14.1. The molecular weight excluding hydrogens is 383 g/mol. The second-order valence-corrected chi connectivity index (χ2v) is 6.22. The van der Waals surface area contributed by atoms with Gasteiger partial charge in [-0.2, -0.15) is 0 Å². The van der Waals surface area contributed by atoms with Gasteiger partial charge in [-0.3, -0.25) is 0 Å². The van der Waals surface area contributed by atoms with E-state index in [0.717, 1.165) is 13.4 Å². The topological polar surface area (TPSA) is 37.3 Å². The van der Waals surface area contributed by atoms with E-state index in [1.165, 1.54) is 0 Å². The Bertz CT molecular complexity index is 584. The van der Waals surface area contributed by atoms with Gasteiger partial charge < -0.3 is 5.11 Å². The van der Waals surface area contributed by atoms with Crippen molar-refractivity contribution in [3.63, 3.8) is 0 Å². The number of rotatable bonds is 3. The van der Waals surface area contributed by atoms with Crippen LogP contribution in [0.15, 0.2) is 52.3 Å². The summed E-state index contributed by atoms with van der Waals surface area (Å²) < 4.78 is 1.08. The van der Waals surface area contributed by atoms with Crippen LogP contribution < -0.4 is 0 Å². The minimum atomic E-state index is -0.910. The van der Waals surface area contributed by atoms with E-state index in [0.29, 0.717) is 10.6 Å². The first-order valence-corrected chi connectivity index (χ1v) is 7.30. The zero-order chi connectivity index (χ0) is 13.1. The molecule has 0 atom stereocenters. The fourth-order valence-corrected chi connectivity index (χ4v) is 3.37. The van der Waals surface area contributed by atoms with Crippen LogP contribution in [0.4, 0.5) is 0 Å². The van der Waals surface area contributed by atoms with E-state index in [2.05, 4.69) is 22.6 Å². The van der Waals surface area contributed by atoms with Crippen molar-refractivity contribution in [1.82, 2.24) is 0 Å². The van der Waals surface area contributed by atoms with Crippen molar-refractivity contribution in [2.75, 3.05) is 0 Å². The average molecular weight is 391 g/mol. The molecule has 2 rings (SSSR count). The standard InChI is InChI=1S/C13H8ClIO2S/c14-9-3-6-12(11(15)7-9)18-10-4-1-8(2-5-10)13(16)17/h1-7H,(H,16,17). The number of benzene rings is 2. The Balaban J connectivity index is 2.21. The summed E-state index contributed by atoms with van der Waals surface area (Å²) in [5, 5.41) is 9.53. The van der Waals surface area contributed by atoms with Gasteiger partial charge in [-0.05, 0) is 65.1 Å². The highest BCUT2D eigenvalue weighted by Gasteiger charge is 2.05. The molecule has 0 aliphatic heterocycles. The van der Waals surface area contributed by atoms with Crippen LogP contribution in [-0.4, -0.2) is 11.1 Å². The Hall–Kier alpha value is -0.720. The summed E-state index contributed by atoms with van der Waals surface area (Å²) in [5.41, 5.74) is 0.296. The molecule has 0 spiro atoms. The van der Waals surface area contributed by atoms with Crippen LogP contribution in [0.1, 0.15) is 10.4 Å². The fraction of sp³-hybridized carbons (Fsp3) is 0. The number of halogens is 2. The van der Waals surface area contributed by atoms with Gasteiger partial charge in [0.2, 0.25) is 0 Å². The third-order valence-corrected chi connectivity index (χ3v) is 4.80. The molecule has 2 nitrogen and oxygen atoms in total. The molecular formula is C13H8ClIO2S. The van der Waals surface area contributed by atoms with Gasteiger partial charge >= 0.3 is 5.97 Å². The third kappa shape index (κ3) is 3.40. The molecule has 5 heteroatoms. The zero-order valence-electron chi connectivity index (χ0n) is 9.06. The Kier molecular flexibility index (Phi) is 4.53. The molecule has 0 aliphatic rings. The molecule has 2 aromatic carbocycles. The monoisotopic (exact) mass is 390 g/mol. The summed E-state index contributed by atoms with van der Waals surface area (Å²) in [4.78, 5) is 12.8. The van der Waals surface area contributed by atoms with Gasteiger partial charge in [0, 0.05) is 18.4 Å². The molecule has 18 heavy (non-hydrogen) atoms. The smallest absolute Gasteiger partial charge is 0.335 e. The van der Waals surface area contributed by atoms with Crippen molar-refractivity contribution in [2.24, 2.45) is 0 Å². The molecule has 0 radical (unpaired) electrons. The van der Waals surface area contributed by atoms with Gasteiger partial charge in [-0.15, -0.1) is 0 Å². The molecule has 0 saturated heterocycles. The second kappa shape index (κ2) is 5.95. The molecule has 92 valence electrons. The van der Waals surface area contributed by atoms with Crippen LogP contribution in [0.25, 0.3) is 0 Å². The number of hydrogen-bond acceptors (Lipinski definition) is 2. The van der Waals surface area contributed by atoms with E-state index in [-0.39, 0.29) is 0 Å². The molecule has 1 N–H and O–H groups in total. The predicted octanol–water partition coefficient (Wildman–Crippen LogP) is 4.79. The molecule has 0 heterocycles. The molecule has 0 bridgehead atoms. The lowest BCUT2D eigenvalue weighted by molar-refractivity contribution is 0.0697. The highest BCUT2D eigenvalue weighted by atomic mass is 127. The van der Waals surface area contributed by atoms with Crippen LogP contribution in [0.2, 0.25) is 5.02 Å². The van der Waals surface area contributed by atoms with E-state index >= 15 is 0 Å². The number of hydrogen-bond donors (Lipinski definition) is 1. The summed E-state index contributed by atoms with van der Waals surface area (Å²) in [6, 6.07) is 12.5. The van der Waals surface area contributed by atoms with Crippen molar-refractivity contribution in [3.05, 3.63) is 56.6 Å². The largest absolute Gasteiger partial charge is 0.478 e. The van der Waals surface area contributed by atoms with Crippen molar-refractivity contribution in [3.8, 4) is 0 Å². The maximum absolute atomic E-state index is 10.7. The first-order chi connectivity index (χ1) is 8.56. The first kappa shape index (κ1) is 13.7. The average Bonchev–Trinajstić information content (AvgIpc) is 2.33. The quantitative estimate of drug-likeness (QED) is 0.765. The van der Waals surface area contributed by atoms with Crippen LogP contribution in [0.3, 0.4) is 0 Å².